The molecule has 248 valence electrons. The Kier molecular flexibility index (Phi) is 6.37. The summed E-state index contributed by atoms with van der Waals surface area (Å²) in [5.74, 6) is 0. The molecule has 0 spiro atoms. The SMILES string of the molecule is CS1(C)c2cc(N(c3cccc(-c4cccc5ccccc45)c3)c3cccc4sc5ccccc5c34)ccc2-c2c1ccc1c2oc2ccccc21. The first-order valence-corrected chi connectivity index (χ1v) is 20.9. The molecule has 0 N–H and O–H groups in total. The van der Waals surface area contributed by atoms with Crippen LogP contribution in [0, 0.1) is 0 Å². The summed E-state index contributed by atoms with van der Waals surface area (Å²) in [4.78, 5) is 5.28. The maximum atomic E-state index is 6.63. The average molecular weight is 704 g/mol. The van der Waals surface area contributed by atoms with Crippen LogP contribution in [0.1, 0.15) is 0 Å². The van der Waals surface area contributed by atoms with Crippen LogP contribution in [0.2, 0.25) is 0 Å². The van der Waals surface area contributed by atoms with Crippen molar-refractivity contribution in [3.63, 3.8) is 0 Å². The van der Waals surface area contributed by atoms with Crippen molar-refractivity contribution in [2.24, 2.45) is 0 Å². The van der Waals surface area contributed by atoms with Crippen molar-refractivity contribution in [2.75, 3.05) is 17.4 Å². The minimum atomic E-state index is -1.34. The number of fused-ring (bicyclic) bond motifs is 11. The third-order valence-corrected chi connectivity index (χ3v) is 14.9. The van der Waals surface area contributed by atoms with E-state index in [1.54, 1.807) is 0 Å². The highest BCUT2D eigenvalue weighted by atomic mass is 32.3. The van der Waals surface area contributed by atoms with E-state index in [-0.39, 0.29) is 0 Å². The summed E-state index contributed by atoms with van der Waals surface area (Å²) in [7, 11) is -1.34. The van der Waals surface area contributed by atoms with E-state index in [1.807, 2.05) is 11.3 Å². The van der Waals surface area contributed by atoms with Gasteiger partial charge in [0, 0.05) is 57.7 Å². The summed E-state index contributed by atoms with van der Waals surface area (Å²) in [6.45, 7) is 0. The molecule has 1 aliphatic rings. The molecule has 2 aromatic heterocycles. The molecule has 8 aromatic carbocycles. The van der Waals surface area contributed by atoms with Crippen LogP contribution >= 0.6 is 21.4 Å². The molecular formula is C48H33NOS2. The number of furan rings is 1. The van der Waals surface area contributed by atoms with Gasteiger partial charge in [0.25, 0.3) is 0 Å². The largest absolute Gasteiger partial charge is 0.455 e. The second kappa shape index (κ2) is 11.1. The summed E-state index contributed by atoms with van der Waals surface area (Å²) in [6.07, 6.45) is 4.88. The van der Waals surface area contributed by atoms with Crippen molar-refractivity contribution in [2.45, 2.75) is 9.79 Å². The zero-order valence-electron chi connectivity index (χ0n) is 28.8. The molecular weight excluding hydrogens is 671 g/mol. The molecule has 0 unspecified atom stereocenters. The molecule has 0 saturated carbocycles. The number of para-hydroxylation sites is 1. The molecule has 0 saturated heterocycles. The van der Waals surface area contributed by atoms with Crippen LogP contribution in [-0.2, 0) is 0 Å². The molecule has 0 atom stereocenters. The van der Waals surface area contributed by atoms with Crippen LogP contribution in [0.5, 0.6) is 0 Å². The third-order valence-electron chi connectivity index (χ3n) is 10.9. The average Bonchev–Trinajstić information content (AvgIpc) is 3.83. The monoisotopic (exact) mass is 703 g/mol. The predicted molar refractivity (Wildman–Crippen MR) is 226 cm³/mol. The van der Waals surface area contributed by atoms with E-state index < -0.39 is 10.0 Å². The van der Waals surface area contributed by atoms with Gasteiger partial charge in [-0.05, 0) is 101 Å². The van der Waals surface area contributed by atoms with Gasteiger partial charge in [-0.1, -0.05) is 103 Å². The molecule has 3 heterocycles. The Balaban J connectivity index is 1.16. The molecule has 0 radical (unpaired) electrons. The summed E-state index contributed by atoms with van der Waals surface area (Å²) in [6, 6.07) is 60.2. The number of hydrogen-bond donors (Lipinski definition) is 0. The van der Waals surface area contributed by atoms with Crippen molar-refractivity contribution >= 4 is 91.3 Å². The van der Waals surface area contributed by atoms with E-state index >= 15 is 0 Å². The highest BCUT2D eigenvalue weighted by Crippen LogP contribution is 2.69. The lowest BCUT2D eigenvalue weighted by atomic mass is 9.97. The number of benzene rings is 8. The van der Waals surface area contributed by atoms with Crippen molar-refractivity contribution in [1.82, 2.24) is 0 Å². The number of hydrogen-bond acceptors (Lipinski definition) is 3. The lowest BCUT2D eigenvalue weighted by molar-refractivity contribution is 0.669. The van der Waals surface area contributed by atoms with Crippen molar-refractivity contribution < 1.29 is 4.42 Å². The zero-order chi connectivity index (χ0) is 34.6. The van der Waals surface area contributed by atoms with Gasteiger partial charge in [0.05, 0.1) is 5.69 Å². The minimum absolute atomic E-state index is 0.942. The van der Waals surface area contributed by atoms with Gasteiger partial charge in [-0.25, -0.2) is 0 Å². The van der Waals surface area contributed by atoms with Crippen LogP contribution < -0.4 is 4.90 Å². The van der Waals surface area contributed by atoms with E-state index in [4.69, 9.17) is 4.42 Å². The summed E-state index contributed by atoms with van der Waals surface area (Å²) in [5, 5.41) is 7.45. The number of thiophene rings is 1. The van der Waals surface area contributed by atoms with E-state index in [0.29, 0.717) is 0 Å². The first-order chi connectivity index (χ1) is 25.5. The molecule has 10 aromatic rings. The van der Waals surface area contributed by atoms with Gasteiger partial charge in [0.15, 0.2) is 0 Å². The Morgan fingerprint density at radius 1 is 0.519 bits per heavy atom. The topological polar surface area (TPSA) is 16.4 Å². The fourth-order valence-electron chi connectivity index (χ4n) is 8.51. The number of anilines is 3. The van der Waals surface area contributed by atoms with E-state index in [9.17, 15) is 0 Å². The standard InChI is InChI=1S/C48H33NOS2/c1-52(2)44-27-26-37-36-17-5-7-21-41(36)50-48(37)47(44)39-25-24-33(29-45(39)52)49(40-20-11-23-43-46(40)38-18-6-8-22-42(38)51-43)32-15-9-14-31(28-32)35-19-10-13-30-12-3-4-16-34(30)35/h3-29H,1-2H3. The Bertz CT molecular complexity index is 3070. The fraction of sp³-hybridized carbons (Fsp3) is 0.0417. The molecule has 0 amide bonds. The molecule has 52 heavy (non-hydrogen) atoms. The van der Waals surface area contributed by atoms with E-state index in [2.05, 4.69) is 181 Å². The lowest BCUT2D eigenvalue weighted by Crippen LogP contribution is -2.11. The van der Waals surface area contributed by atoms with Gasteiger partial charge < -0.3 is 9.32 Å². The van der Waals surface area contributed by atoms with E-state index in [1.165, 1.54) is 79.4 Å². The second-order valence-corrected chi connectivity index (χ2v) is 18.7. The van der Waals surface area contributed by atoms with Gasteiger partial charge in [-0.3, -0.25) is 0 Å². The zero-order valence-corrected chi connectivity index (χ0v) is 30.4. The van der Waals surface area contributed by atoms with Gasteiger partial charge in [-0.2, -0.15) is 10.0 Å². The molecule has 0 fully saturated rings. The molecule has 1 aliphatic heterocycles. The Morgan fingerprint density at radius 3 is 2.17 bits per heavy atom. The maximum Gasteiger partial charge on any atom is 0.144 e. The Labute approximate surface area is 307 Å². The fourth-order valence-corrected chi connectivity index (χ4v) is 12.1. The highest BCUT2D eigenvalue weighted by molar-refractivity contribution is 8.33. The smallest absolute Gasteiger partial charge is 0.144 e. The lowest BCUT2D eigenvalue weighted by Gasteiger charge is -2.31. The first kappa shape index (κ1) is 29.9. The Morgan fingerprint density at radius 2 is 1.25 bits per heavy atom. The van der Waals surface area contributed by atoms with Crippen molar-refractivity contribution in [3.8, 4) is 22.3 Å². The van der Waals surface area contributed by atoms with Gasteiger partial charge in [0.1, 0.15) is 11.2 Å². The minimum Gasteiger partial charge on any atom is -0.455 e. The van der Waals surface area contributed by atoms with E-state index in [0.717, 1.165) is 22.5 Å². The van der Waals surface area contributed by atoms with Gasteiger partial charge in [-0.15, -0.1) is 11.3 Å². The summed E-state index contributed by atoms with van der Waals surface area (Å²) < 4.78 is 9.23. The van der Waals surface area contributed by atoms with Gasteiger partial charge in [0.2, 0.25) is 0 Å². The second-order valence-electron chi connectivity index (χ2n) is 14.1. The third kappa shape index (κ3) is 4.25. The van der Waals surface area contributed by atoms with Crippen LogP contribution in [0.3, 0.4) is 0 Å². The first-order valence-electron chi connectivity index (χ1n) is 17.7. The van der Waals surface area contributed by atoms with Crippen molar-refractivity contribution in [1.29, 1.82) is 0 Å². The van der Waals surface area contributed by atoms with Crippen LogP contribution in [-0.4, -0.2) is 12.5 Å². The maximum absolute atomic E-state index is 6.63. The normalized spacial score (nSPS) is 14.0. The molecule has 11 rings (SSSR count). The van der Waals surface area contributed by atoms with Crippen LogP contribution in [0.4, 0.5) is 17.1 Å². The quantitative estimate of drug-likeness (QED) is 0.181. The van der Waals surface area contributed by atoms with Crippen LogP contribution in [0.25, 0.3) is 75.1 Å². The van der Waals surface area contributed by atoms with Crippen molar-refractivity contribution in [3.05, 3.63) is 164 Å². The molecule has 0 aliphatic carbocycles. The number of nitrogens with zero attached hydrogens (tertiary/aromatic N) is 1. The Hall–Kier alpha value is -5.81. The van der Waals surface area contributed by atoms with Gasteiger partial charge >= 0.3 is 0 Å². The highest BCUT2D eigenvalue weighted by Gasteiger charge is 2.35. The predicted octanol–water partition coefficient (Wildman–Crippen LogP) is 14.7. The number of rotatable bonds is 4. The molecule has 2 nitrogen and oxygen atoms in total. The summed E-state index contributed by atoms with van der Waals surface area (Å²) in [5.41, 5.74) is 10.4. The summed E-state index contributed by atoms with van der Waals surface area (Å²) >= 11 is 1.87. The molecule has 4 heteroatoms. The molecule has 0 bridgehead atoms. The van der Waals surface area contributed by atoms with Crippen LogP contribution in [0.15, 0.2) is 178 Å².